The highest BCUT2D eigenvalue weighted by molar-refractivity contribution is 7.07. The summed E-state index contributed by atoms with van der Waals surface area (Å²) in [4.78, 5) is 12.1. The molecule has 1 heterocycles. The van der Waals surface area contributed by atoms with E-state index in [4.69, 9.17) is 11.6 Å². The van der Waals surface area contributed by atoms with Gasteiger partial charge in [-0.2, -0.15) is 11.3 Å². The lowest BCUT2D eigenvalue weighted by molar-refractivity contribution is -0.122. The fourth-order valence-corrected chi connectivity index (χ4v) is 3.31. The van der Waals surface area contributed by atoms with Crippen molar-refractivity contribution in [1.82, 2.24) is 5.32 Å². The molecule has 3 nitrogen and oxygen atoms in total. The highest BCUT2D eigenvalue weighted by Crippen LogP contribution is 2.47. The minimum Gasteiger partial charge on any atom is -0.387 e. The van der Waals surface area contributed by atoms with Gasteiger partial charge in [-0.1, -0.05) is 23.7 Å². The molecule has 2 aromatic rings. The molecule has 1 aliphatic carbocycles. The average molecular weight is 322 g/mol. The van der Waals surface area contributed by atoms with Crippen LogP contribution in [0.1, 0.15) is 29.6 Å². The minimum atomic E-state index is -0.632. The van der Waals surface area contributed by atoms with Crippen molar-refractivity contribution in [3.63, 3.8) is 0 Å². The number of thiophene rings is 1. The summed E-state index contributed by atoms with van der Waals surface area (Å²) in [6, 6.07) is 9.52. The van der Waals surface area contributed by atoms with Crippen LogP contribution in [0.5, 0.6) is 0 Å². The van der Waals surface area contributed by atoms with Gasteiger partial charge in [-0.05, 0) is 52.4 Å². The maximum Gasteiger partial charge on any atom is 0.223 e. The fraction of sp³-hybridized carbons (Fsp3) is 0.312. The summed E-state index contributed by atoms with van der Waals surface area (Å²) >= 11 is 7.40. The molecular formula is C16H16ClNO2S. The maximum absolute atomic E-state index is 12.1. The van der Waals surface area contributed by atoms with Gasteiger partial charge < -0.3 is 10.4 Å². The Labute approximate surface area is 132 Å². The molecule has 1 aliphatic rings. The Morgan fingerprint density at radius 3 is 2.81 bits per heavy atom. The molecule has 1 aromatic heterocycles. The van der Waals surface area contributed by atoms with E-state index in [1.807, 2.05) is 41.1 Å². The third-order valence-electron chi connectivity index (χ3n) is 3.82. The minimum absolute atomic E-state index is 0.0147. The van der Waals surface area contributed by atoms with Crippen LogP contribution < -0.4 is 5.32 Å². The van der Waals surface area contributed by atoms with Crippen LogP contribution in [-0.2, 0) is 4.79 Å². The lowest BCUT2D eigenvalue weighted by atomic mass is 10.1. The van der Waals surface area contributed by atoms with Crippen molar-refractivity contribution in [3.8, 4) is 0 Å². The van der Waals surface area contributed by atoms with Crippen LogP contribution in [0.25, 0.3) is 0 Å². The monoisotopic (exact) mass is 321 g/mol. The number of hydrogen-bond acceptors (Lipinski definition) is 3. The molecule has 110 valence electrons. The Hall–Kier alpha value is -1.36. The molecule has 0 aliphatic heterocycles. The van der Waals surface area contributed by atoms with Crippen molar-refractivity contribution < 1.29 is 9.90 Å². The maximum atomic E-state index is 12.1. The van der Waals surface area contributed by atoms with E-state index in [-0.39, 0.29) is 24.3 Å². The molecule has 5 heteroatoms. The lowest BCUT2D eigenvalue weighted by Crippen LogP contribution is -2.29. The van der Waals surface area contributed by atoms with Gasteiger partial charge in [-0.15, -0.1) is 0 Å². The zero-order valence-corrected chi connectivity index (χ0v) is 12.9. The number of aliphatic hydroxyl groups is 1. The van der Waals surface area contributed by atoms with Gasteiger partial charge in [0.05, 0.1) is 6.10 Å². The van der Waals surface area contributed by atoms with Gasteiger partial charge in [-0.3, -0.25) is 4.79 Å². The molecular weight excluding hydrogens is 306 g/mol. The van der Waals surface area contributed by atoms with Crippen LogP contribution in [0.2, 0.25) is 5.02 Å². The van der Waals surface area contributed by atoms with E-state index in [1.165, 1.54) is 11.3 Å². The first-order valence-corrected chi connectivity index (χ1v) is 8.20. The van der Waals surface area contributed by atoms with Crippen LogP contribution >= 0.6 is 22.9 Å². The quantitative estimate of drug-likeness (QED) is 0.887. The molecule has 0 saturated heterocycles. The molecule has 0 radical (unpaired) electrons. The molecule has 2 N–H and O–H groups in total. The van der Waals surface area contributed by atoms with Crippen molar-refractivity contribution in [2.45, 2.75) is 18.4 Å². The third kappa shape index (κ3) is 3.46. The molecule has 3 atom stereocenters. The van der Waals surface area contributed by atoms with E-state index >= 15 is 0 Å². The number of nitrogens with one attached hydrogen (secondary N) is 1. The summed E-state index contributed by atoms with van der Waals surface area (Å²) < 4.78 is 0. The number of hydrogen-bond donors (Lipinski definition) is 2. The molecule has 21 heavy (non-hydrogen) atoms. The first-order chi connectivity index (χ1) is 10.1. The molecule has 1 fully saturated rings. The van der Waals surface area contributed by atoms with Gasteiger partial charge in [0, 0.05) is 17.5 Å². The number of carbonyl (C=O) groups excluding carboxylic acids is 1. The Morgan fingerprint density at radius 2 is 2.14 bits per heavy atom. The second-order valence-corrected chi connectivity index (χ2v) is 6.53. The highest BCUT2D eigenvalue weighted by Gasteiger charge is 2.43. The molecule has 1 amide bonds. The smallest absolute Gasteiger partial charge is 0.223 e. The zero-order valence-electron chi connectivity index (χ0n) is 11.3. The second kappa shape index (κ2) is 6.18. The van der Waals surface area contributed by atoms with Crippen LogP contribution in [0.3, 0.4) is 0 Å². The van der Waals surface area contributed by atoms with Crippen LogP contribution in [0, 0.1) is 5.92 Å². The summed E-state index contributed by atoms with van der Waals surface area (Å²) in [6.45, 7) is 0.263. The standard InChI is InChI=1S/C16H16ClNO2S/c17-12-3-1-10(2-4-12)13-7-14(13)16(20)18-8-15(19)11-5-6-21-9-11/h1-6,9,13-15,19H,7-8H2,(H,18,20). The molecule has 3 rings (SSSR count). The molecule has 0 bridgehead atoms. The fourth-order valence-electron chi connectivity index (χ4n) is 2.47. The molecule has 3 unspecified atom stereocenters. The van der Waals surface area contributed by atoms with E-state index in [0.717, 1.165) is 17.5 Å². The van der Waals surface area contributed by atoms with E-state index in [2.05, 4.69) is 5.32 Å². The van der Waals surface area contributed by atoms with E-state index in [0.29, 0.717) is 5.02 Å². The number of carbonyl (C=O) groups is 1. The SMILES string of the molecule is O=C(NCC(O)c1ccsc1)C1CC1c1ccc(Cl)cc1. The summed E-state index contributed by atoms with van der Waals surface area (Å²) in [5, 5.41) is 17.3. The second-order valence-electron chi connectivity index (χ2n) is 5.32. The van der Waals surface area contributed by atoms with Crippen molar-refractivity contribution in [2.75, 3.05) is 6.54 Å². The van der Waals surface area contributed by atoms with Crippen LogP contribution in [-0.4, -0.2) is 17.6 Å². The summed E-state index contributed by atoms with van der Waals surface area (Å²) in [7, 11) is 0. The predicted molar refractivity (Wildman–Crippen MR) is 84.6 cm³/mol. The topological polar surface area (TPSA) is 49.3 Å². The number of halogens is 1. The van der Waals surface area contributed by atoms with Crippen molar-refractivity contribution >= 4 is 28.8 Å². The summed E-state index contributed by atoms with van der Waals surface area (Å²) in [5.41, 5.74) is 2.00. The largest absolute Gasteiger partial charge is 0.387 e. The Balaban J connectivity index is 1.50. The lowest BCUT2D eigenvalue weighted by Gasteiger charge is -2.10. The van der Waals surface area contributed by atoms with E-state index in [9.17, 15) is 9.90 Å². The number of amides is 1. The summed E-state index contributed by atoms with van der Waals surface area (Å²) in [5.74, 6) is 0.311. The van der Waals surface area contributed by atoms with Gasteiger partial charge in [0.15, 0.2) is 0 Å². The Kier molecular flexibility index (Phi) is 4.29. The number of benzene rings is 1. The predicted octanol–water partition coefficient (Wildman–Crippen LogP) is 3.35. The van der Waals surface area contributed by atoms with Gasteiger partial charge >= 0.3 is 0 Å². The first kappa shape index (κ1) is 14.6. The Morgan fingerprint density at radius 1 is 1.38 bits per heavy atom. The molecule has 1 aromatic carbocycles. The number of aliphatic hydroxyl groups excluding tert-OH is 1. The van der Waals surface area contributed by atoms with Crippen molar-refractivity contribution in [1.29, 1.82) is 0 Å². The van der Waals surface area contributed by atoms with Gasteiger partial charge in [-0.25, -0.2) is 0 Å². The van der Waals surface area contributed by atoms with Crippen LogP contribution in [0.15, 0.2) is 41.1 Å². The molecule has 1 saturated carbocycles. The summed E-state index contributed by atoms with van der Waals surface area (Å²) in [6.07, 6.45) is 0.232. The Bertz CT molecular complexity index is 612. The van der Waals surface area contributed by atoms with Crippen LogP contribution in [0.4, 0.5) is 0 Å². The highest BCUT2D eigenvalue weighted by atomic mass is 35.5. The van der Waals surface area contributed by atoms with Gasteiger partial charge in [0.2, 0.25) is 5.91 Å². The van der Waals surface area contributed by atoms with E-state index in [1.54, 1.807) is 0 Å². The van der Waals surface area contributed by atoms with E-state index < -0.39 is 6.10 Å². The van der Waals surface area contributed by atoms with Gasteiger partial charge in [0.25, 0.3) is 0 Å². The zero-order chi connectivity index (χ0) is 14.8. The van der Waals surface area contributed by atoms with Crippen molar-refractivity contribution in [2.24, 2.45) is 5.92 Å². The average Bonchev–Trinajstić information content (AvgIpc) is 3.09. The number of rotatable bonds is 5. The normalized spacial score (nSPS) is 21.8. The van der Waals surface area contributed by atoms with Crippen molar-refractivity contribution in [3.05, 3.63) is 57.2 Å². The van der Waals surface area contributed by atoms with Gasteiger partial charge in [0.1, 0.15) is 0 Å². The third-order valence-corrected chi connectivity index (χ3v) is 4.78. The molecule has 0 spiro atoms. The first-order valence-electron chi connectivity index (χ1n) is 6.88.